The van der Waals surface area contributed by atoms with Gasteiger partial charge in [0.2, 0.25) is 6.43 Å². The molecule has 1 rings (SSSR count). The van der Waals surface area contributed by atoms with E-state index in [-0.39, 0.29) is 11.8 Å². The maximum atomic E-state index is 13.3. The van der Waals surface area contributed by atoms with Gasteiger partial charge in [0.05, 0.1) is 0 Å². The fourth-order valence-electron chi connectivity index (χ4n) is 3.28. The van der Waals surface area contributed by atoms with Gasteiger partial charge in [0.1, 0.15) is 0 Å². The lowest BCUT2D eigenvalue weighted by molar-refractivity contribution is -0.0767. The molecule has 1 aliphatic rings. The van der Waals surface area contributed by atoms with Crippen molar-refractivity contribution in [2.75, 3.05) is 0 Å². The highest BCUT2D eigenvalue weighted by Gasteiger charge is 2.52. The van der Waals surface area contributed by atoms with Crippen LogP contribution in [0.2, 0.25) is 0 Å². The van der Waals surface area contributed by atoms with Crippen molar-refractivity contribution in [1.29, 1.82) is 0 Å². The SMILES string of the molecule is CC(C)C1CCCC1(C(C)C)C(F)F. The monoisotopic (exact) mass is 204 g/mol. The Kier molecular flexibility index (Phi) is 3.54. The van der Waals surface area contributed by atoms with Crippen LogP contribution in [0.25, 0.3) is 0 Å². The Morgan fingerprint density at radius 3 is 2.00 bits per heavy atom. The Labute approximate surface area is 86.1 Å². The van der Waals surface area contributed by atoms with Crippen LogP contribution in [0.3, 0.4) is 0 Å². The molecule has 0 spiro atoms. The smallest absolute Gasteiger partial charge is 0.210 e. The van der Waals surface area contributed by atoms with E-state index in [1.165, 1.54) is 0 Å². The Morgan fingerprint density at radius 2 is 1.71 bits per heavy atom. The minimum atomic E-state index is -2.16. The minimum absolute atomic E-state index is 0.0948. The Bertz CT molecular complexity index is 177. The van der Waals surface area contributed by atoms with Gasteiger partial charge in [-0.2, -0.15) is 0 Å². The van der Waals surface area contributed by atoms with Crippen molar-refractivity contribution in [2.45, 2.75) is 53.4 Å². The summed E-state index contributed by atoms with van der Waals surface area (Å²) in [7, 11) is 0. The number of halogens is 2. The summed E-state index contributed by atoms with van der Waals surface area (Å²) >= 11 is 0. The molecule has 0 aromatic rings. The molecular formula is C12H22F2. The zero-order valence-electron chi connectivity index (χ0n) is 9.69. The third kappa shape index (κ3) is 1.68. The normalized spacial score (nSPS) is 33.6. The van der Waals surface area contributed by atoms with E-state index in [1.54, 1.807) is 0 Å². The van der Waals surface area contributed by atoms with Gasteiger partial charge in [-0.15, -0.1) is 0 Å². The number of hydrogen-bond donors (Lipinski definition) is 0. The first kappa shape index (κ1) is 11.9. The molecule has 0 radical (unpaired) electrons. The Balaban J connectivity index is 2.95. The van der Waals surface area contributed by atoms with Gasteiger partial charge >= 0.3 is 0 Å². The van der Waals surface area contributed by atoms with E-state index >= 15 is 0 Å². The molecule has 0 bridgehead atoms. The molecule has 0 nitrogen and oxygen atoms in total. The van der Waals surface area contributed by atoms with Crippen molar-refractivity contribution in [2.24, 2.45) is 23.2 Å². The van der Waals surface area contributed by atoms with Crippen LogP contribution in [-0.4, -0.2) is 6.43 Å². The third-order valence-corrected chi connectivity index (χ3v) is 4.10. The molecule has 2 heteroatoms. The molecule has 14 heavy (non-hydrogen) atoms. The highest BCUT2D eigenvalue weighted by Crippen LogP contribution is 2.55. The maximum absolute atomic E-state index is 13.3. The molecule has 0 N–H and O–H groups in total. The summed E-state index contributed by atoms with van der Waals surface area (Å²) in [4.78, 5) is 0. The Hall–Kier alpha value is -0.140. The van der Waals surface area contributed by atoms with Crippen LogP contribution >= 0.6 is 0 Å². The zero-order chi connectivity index (χ0) is 10.9. The summed E-state index contributed by atoms with van der Waals surface area (Å²) in [5, 5.41) is 0. The second-order valence-electron chi connectivity index (χ2n) is 5.31. The summed E-state index contributed by atoms with van der Waals surface area (Å²) < 4.78 is 26.5. The van der Waals surface area contributed by atoms with Crippen LogP contribution in [0.15, 0.2) is 0 Å². The first-order valence-corrected chi connectivity index (χ1v) is 5.71. The predicted molar refractivity (Wildman–Crippen MR) is 55.5 cm³/mol. The van der Waals surface area contributed by atoms with E-state index in [2.05, 4.69) is 13.8 Å². The fourth-order valence-corrected chi connectivity index (χ4v) is 3.28. The number of hydrogen-bond acceptors (Lipinski definition) is 0. The van der Waals surface area contributed by atoms with Crippen molar-refractivity contribution >= 4 is 0 Å². The van der Waals surface area contributed by atoms with Crippen molar-refractivity contribution in [3.05, 3.63) is 0 Å². The molecule has 2 atom stereocenters. The summed E-state index contributed by atoms with van der Waals surface area (Å²) in [5.41, 5.74) is -0.700. The van der Waals surface area contributed by atoms with Crippen LogP contribution < -0.4 is 0 Å². The first-order valence-electron chi connectivity index (χ1n) is 5.71. The first-order chi connectivity index (χ1) is 6.43. The molecule has 0 aromatic carbocycles. The van der Waals surface area contributed by atoms with Crippen molar-refractivity contribution in [1.82, 2.24) is 0 Å². The second kappa shape index (κ2) is 4.16. The molecule has 0 amide bonds. The van der Waals surface area contributed by atoms with E-state index < -0.39 is 11.8 Å². The van der Waals surface area contributed by atoms with Gasteiger partial charge in [0, 0.05) is 5.41 Å². The highest BCUT2D eigenvalue weighted by molar-refractivity contribution is 4.97. The van der Waals surface area contributed by atoms with Crippen molar-refractivity contribution in [3.8, 4) is 0 Å². The van der Waals surface area contributed by atoms with Crippen LogP contribution in [0.1, 0.15) is 47.0 Å². The molecular weight excluding hydrogens is 182 g/mol. The van der Waals surface area contributed by atoms with Crippen LogP contribution in [0, 0.1) is 23.2 Å². The molecule has 1 saturated carbocycles. The van der Waals surface area contributed by atoms with E-state index in [1.807, 2.05) is 13.8 Å². The second-order valence-corrected chi connectivity index (χ2v) is 5.31. The quantitative estimate of drug-likeness (QED) is 0.641. The van der Waals surface area contributed by atoms with E-state index in [9.17, 15) is 8.78 Å². The largest absolute Gasteiger partial charge is 0.244 e. The van der Waals surface area contributed by atoms with Crippen molar-refractivity contribution < 1.29 is 8.78 Å². The van der Waals surface area contributed by atoms with Crippen LogP contribution in [0.5, 0.6) is 0 Å². The molecule has 84 valence electrons. The average Bonchev–Trinajstić information content (AvgIpc) is 2.47. The lowest BCUT2D eigenvalue weighted by Gasteiger charge is -2.40. The van der Waals surface area contributed by atoms with Gasteiger partial charge in [-0.1, -0.05) is 34.1 Å². The van der Waals surface area contributed by atoms with Crippen molar-refractivity contribution in [3.63, 3.8) is 0 Å². The lowest BCUT2D eigenvalue weighted by Crippen LogP contribution is -2.40. The minimum Gasteiger partial charge on any atom is -0.210 e. The molecule has 0 aliphatic heterocycles. The molecule has 0 saturated heterocycles. The molecule has 0 aromatic heterocycles. The molecule has 2 unspecified atom stereocenters. The van der Waals surface area contributed by atoms with Gasteiger partial charge in [-0.05, 0) is 30.6 Å². The summed E-state index contributed by atoms with van der Waals surface area (Å²) in [6.07, 6.45) is 0.522. The average molecular weight is 204 g/mol. The predicted octanol–water partition coefficient (Wildman–Crippen LogP) is 4.35. The van der Waals surface area contributed by atoms with Gasteiger partial charge in [-0.3, -0.25) is 0 Å². The van der Waals surface area contributed by atoms with Gasteiger partial charge in [0.25, 0.3) is 0 Å². The van der Waals surface area contributed by atoms with E-state index in [0.717, 1.165) is 12.8 Å². The standard InChI is InChI=1S/C12H22F2/c1-8(2)10-6-5-7-12(10,9(3)4)11(13)14/h8-11H,5-7H2,1-4H3. The number of alkyl halides is 2. The maximum Gasteiger partial charge on any atom is 0.244 e. The fraction of sp³-hybridized carbons (Fsp3) is 1.00. The van der Waals surface area contributed by atoms with Gasteiger partial charge in [0.15, 0.2) is 0 Å². The van der Waals surface area contributed by atoms with Crippen LogP contribution in [-0.2, 0) is 0 Å². The number of rotatable bonds is 3. The lowest BCUT2D eigenvalue weighted by atomic mass is 9.66. The Morgan fingerprint density at radius 1 is 1.14 bits per heavy atom. The zero-order valence-corrected chi connectivity index (χ0v) is 9.69. The van der Waals surface area contributed by atoms with Gasteiger partial charge in [-0.25, -0.2) is 8.78 Å². The van der Waals surface area contributed by atoms with Gasteiger partial charge < -0.3 is 0 Å². The molecule has 0 heterocycles. The molecule has 1 fully saturated rings. The highest BCUT2D eigenvalue weighted by atomic mass is 19.3. The third-order valence-electron chi connectivity index (χ3n) is 4.10. The summed E-state index contributed by atoms with van der Waals surface area (Å²) in [6.45, 7) is 8.06. The summed E-state index contributed by atoms with van der Waals surface area (Å²) in [5.74, 6) is 0.689. The van der Waals surface area contributed by atoms with E-state index in [0.29, 0.717) is 12.3 Å². The topological polar surface area (TPSA) is 0 Å². The van der Waals surface area contributed by atoms with E-state index in [4.69, 9.17) is 0 Å². The molecule has 1 aliphatic carbocycles. The van der Waals surface area contributed by atoms with Crippen LogP contribution in [0.4, 0.5) is 8.78 Å². The summed E-state index contributed by atoms with van der Waals surface area (Å²) in [6, 6.07) is 0.